The van der Waals surface area contributed by atoms with Crippen molar-refractivity contribution in [1.29, 1.82) is 0 Å². The van der Waals surface area contributed by atoms with Gasteiger partial charge in [-0.25, -0.2) is 0 Å². The second-order valence-corrected chi connectivity index (χ2v) is 2.18. The standard InChI is InChI=1S/C5H10P/c1-3-5-6-4-2/h4-5H,3H2,1-2H3/q+1. The molecule has 0 fully saturated rings. The summed E-state index contributed by atoms with van der Waals surface area (Å²) < 4.78 is 0. The first-order valence-corrected chi connectivity index (χ1v) is 3.24. The molecule has 0 aromatic carbocycles. The maximum atomic E-state index is 2.22. The van der Waals surface area contributed by atoms with E-state index in [1.54, 1.807) is 0 Å². The van der Waals surface area contributed by atoms with Crippen LogP contribution in [0.25, 0.3) is 0 Å². The van der Waals surface area contributed by atoms with Crippen molar-refractivity contribution < 1.29 is 0 Å². The summed E-state index contributed by atoms with van der Waals surface area (Å²) in [6.07, 6.45) is 1.19. The van der Waals surface area contributed by atoms with E-state index in [1.807, 2.05) is 0 Å². The molecule has 0 aliphatic carbocycles. The summed E-state index contributed by atoms with van der Waals surface area (Å²) >= 11 is 0. The van der Waals surface area contributed by atoms with Gasteiger partial charge in [0.05, 0.1) is 0 Å². The zero-order valence-electron chi connectivity index (χ0n) is 4.31. The molecule has 0 heterocycles. The van der Waals surface area contributed by atoms with Crippen LogP contribution in [0.3, 0.4) is 0 Å². The maximum absolute atomic E-state index is 2.22. The molecule has 0 aliphatic rings. The van der Waals surface area contributed by atoms with Crippen LogP contribution in [0, 0.1) is 0 Å². The Kier molecular flexibility index (Phi) is 5.32. The summed E-state index contributed by atoms with van der Waals surface area (Å²) in [4.78, 5) is 0. The number of rotatable bonds is 1. The summed E-state index contributed by atoms with van der Waals surface area (Å²) in [5, 5.41) is 0. The third-order valence-corrected chi connectivity index (χ3v) is 1.31. The molecule has 0 atom stereocenters. The second-order valence-electron chi connectivity index (χ2n) is 0.998. The van der Waals surface area contributed by atoms with Crippen molar-refractivity contribution >= 4 is 19.4 Å². The summed E-state index contributed by atoms with van der Waals surface area (Å²) in [5.74, 6) is 4.35. The fourth-order valence-corrected chi connectivity index (χ4v) is 0.632. The third kappa shape index (κ3) is 4.17. The average Bonchev–Trinajstić information content (AvgIpc) is 1.61. The molecule has 0 nitrogen and oxygen atoms in total. The minimum absolute atomic E-state index is 1.19. The fourth-order valence-electron chi connectivity index (χ4n) is 0.211. The molecule has 0 amide bonds. The van der Waals surface area contributed by atoms with E-state index in [-0.39, 0.29) is 0 Å². The van der Waals surface area contributed by atoms with Crippen LogP contribution in [0.1, 0.15) is 20.3 Å². The zero-order valence-corrected chi connectivity index (χ0v) is 5.20. The van der Waals surface area contributed by atoms with Crippen molar-refractivity contribution in [3.63, 3.8) is 0 Å². The molecule has 0 unspecified atom stereocenters. The van der Waals surface area contributed by atoms with Gasteiger partial charge >= 0.3 is 39.7 Å². The van der Waals surface area contributed by atoms with Gasteiger partial charge in [0.2, 0.25) is 0 Å². The molecule has 1 heteroatoms. The van der Waals surface area contributed by atoms with E-state index in [9.17, 15) is 0 Å². The van der Waals surface area contributed by atoms with E-state index in [0.29, 0.717) is 0 Å². The van der Waals surface area contributed by atoms with Gasteiger partial charge in [0.1, 0.15) is 0 Å². The topological polar surface area (TPSA) is 0 Å². The summed E-state index contributed by atoms with van der Waals surface area (Å²) in [7, 11) is 1.36. The van der Waals surface area contributed by atoms with Gasteiger partial charge in [-0.2, -0.15) is 0 Å². The van der Waals surface area contributed by atoms with Gasteiger partial charge in [-0.15, -0.1) is 0 Å². The summed E-state index contributed by atoms with van der Waals surface area (Å²) in [6.45, 7) is 4.21. The van der Waals surface area contributed by atoms with Crippen LogP contribution in [0.5, 0.6) is 0 Å². The minimum atomic E-state index is 1.19. The molecule has 0 rings (SSSR count). The van der Waals surface area contributed by atoms with Gasteiger partial charge in [-0.3, -0.25) is 0 Å². The molecule has 0 saturated carbocycles. The summed E-state index contributed by atoms with van der Waals surface area (Å²) in [5.41, 5.74) is 0. The van der Waals surface area contributed by atoms with Gasteiger partial charge in [-0.1, -0.05) is 0 Å². The van der Waals surface area contributed by atoms with E-state index in [4.69, 9.17) is 0 Å². The molecule has 0 bridgehead atoms. The molecule has 0 saturated heterocycles. The predicted octanol–water partition coefficient (Wildman–Crippen LogP) is 1.97. The van der Waals surface area contributed by atoms with Crippen molar-refractivity contribution in [3.05, 3.63) is 0 Å². The van der Waals surface area contributed by atoms with Crippen LogP contribution in [0.15, 0.2) is 0 Å². The number of hydrogen-bond acceptors (Lipinski definition) is 0. The normalized spacial score (nSPS) is 7.00. The van der Waals surface area contributed by atoms with Crippen LogP contribution in [-0.4, -0.2) is 11.6 Å². The van der Waals surface area contributed by atoms with Crippen molar-refractivity contribution in [2.75, 3.05) is 0 Å². The van der Waals surface area contributed by atoms with Crippen molar-refractivity contribution in [1.82, 2.24) is 0 Å². The van der Waals surface area contributed by atoms with E-state index < -0.39 is 0 Å². The van der Waals surface area contributed by atoms with Crippen molar-refractivity contribution in [2.45, 2.75) is 20.3 Å². The van der Waals surface area contributed by atoms with Crippen molar-refractivity contribution in [3.8, 4) is 0 Å². The van der Waals surface area contributed by atoms with Crippen LogP contribution in [0.4, 0.5) is 0 Å². The van der Waals surface area contributed by atoms with Gasteiger partial charge < -0.3 is 0 Å². The van der Waals surface area contributed by atoms with Crippen molar-refractivity contribution in [2.24, 2.45) is 0 Å². The summed E-state index contributed by atoms with van der Waals surface area (Å²) in [6, 6.07) is 0. The first-order valence-electron chi connectivity index (χ1n) is 2.21. The van der Waals surface area contributed by atoms with Gasteiger partial charge in [0, 0.05) is 0 Å². The molecule has 6 heavy (non-hydrogen) atoms. The SMILES string of the molecule is CC=[P+]=CCC. The Bertz CT molecular complexity index is 68.0. The van der Waals surface area contributed by atoms with E-state index in [1.165, 1.54) is 14.2 Å². The molecule has 0 radical (unpaired) electrons. The quantitative estimate of drug-likeness (QED) is 0.443. The molecule has 0 spiro atoms. The molecule has 0 N–H and O–H groups in total. The van der Waals surface area contributed by atoms with Crippen LogP contribution in [-0.2, 0) is 0 Å². The molecular formula is C5H10P+. The Morgan fingerprint density at radius 2 is 2.33 bits per heavy atom. The van der Waals surface area contributed by atoms with Crippen LogP contribution in [0.2, 0.25) is 0 Å². The third-order valence-electron chi connectivity index (χ3n) is 0.437. The second kappa shape index (κ2) is 5.17. The fraction of sp³-hybridized carbons (Fsp3) is 0.600. The average molecular weight is 101 g/mol. The van der Waals surface area contributed by atoms with E-state index in [2.05, 4.69) is 25.4 Å². The number of hydrogen-bond donors (Lipinski definition) is 0. The van der Waals surface area contributed by atoms with Crippen LogP contribution >= 0.6 is 7.83 Å². The molecule has 0 aromatic rings. The Balaban J connectivity index is 3.18. The monoisotopic (exact) mass is 101 g/mol. The Hall–Kier alpha value is 0.170. The van der Waals surface area contributed by atoms with Crippen LogP contribution < -0.4 is 0 Å². The zero-order chi connectivity index (χ0) is 4.83. The molecular weight excluding hydrogens is 91.0 g/mol. The molecule has 34 valence electrons. The van der Waals surface area contributed by atoms with E-state index in [0.717, 1.165) is 0 Å². The van der Waals surface area contributed by atoms with Gasteiger partial charge in [-0.05, 0) is 0 Å². The first kappa shape index (κ1) is 6.17. The van der Waals surface area contributed by atoms with E-state index >= 15 is 0 Å². The van der Waals surface area contributed by atoms with Gasteiger partial charge in [0.25, 0.3) is 0 Å². The Morgan fingerprint density at radius 1 is 1.67 bits per heavy atom. The molecule has 0 aliphatic heterocycles. The first-order chi connectivity index (χ1) is 2.91. The molecule has 0 aromatic heterocycles. The predicted molar refractivity (Wildman–Crippen MR) is 35.0 cm³/mol. The Labute approximate surface area is 40.6 Å². The Morgan fingerprint density at radius 3 is 2.50 bits per heavy atom. The van der Waals surface area contributed by atoms with Gasteiger partial charge in [0.15, 0.2) is 0 Å².